The maximum absolute atomic E-state index is 5.61. The lowest BCUT2D eigenvalue weighted by Crippen LogP contribution is -2.54. The zero-order chi connectivity index (χ0) is 13.4. The fraction of sp³-hybridized carbons (Fsp3) is 0.538. The summed E-state index contributed by atoms with van der Waals surface area (Å²) in [4.78, 5) is 0. The third-order valence-corrected chi connectivity index (χ3v) is 5.43. The van der Waals surface area contributed by atoms with Crippen molar-refractivity contribution in [2.45, 2.75) is 19.8 Å². The molecule has 0 aliphatic rings. The molecule has 1 aromatic carbocycles. The Bertz CT molecular complexity index is 327. The Kier molecular flexibility index (Phi) is 6.35. The molecule has 0 aromatic heterocycles. The van der Waals surface area contributed by atoms with E-state index in [0.717, 1.165) is 30.4 Å². The molecule has 0 saturated heterocycles. The number of rotatable bonds is 8. The van der Waals surface area contributed by atoms with Crippen LogP contribution >= 0.6 is 0 Å². The molecule has 5 heteroatoms. The molecule has 102 valence electrons. The molecule has 0 N–H and O–H groups in total. The van der Waals surface area contributed by atoms with Crippen LogP contribution in [0.15, 0.2) is 24.3 Å². The molecule has 0 spiro atoms. The molecule has 0 amide bonds. The van der Waals surface area contributed by atoms with Crippen molar-refractivity contribution in [2.75, 3.05) is 27.9 Å². The van der Waals surface area contributed by atoms with Crippen molar-refractivity contribution >= 4 is 14.0 Å². The third kappa shape index (κ3) is 3.55. The quantitative estimate of drug-likeness (QED) is 0.534. The average molecular weight is 270 g/mol. The summed E-state index contributed by atoms with van der Waals surface area (Å²) < 4.78 is 21.9. The van der Waals surface area contributed by atoms with E-state index >= 15 is 0 Å². The van der Waals surface area contributed by atoms with Gasteiger partial charge in [-0.15, -0.1) is 0 Å². The van der Waals surface area contributed by atoms with Crippen LogP contribution in [-0.4, -0.2) is 36.7 Å². The first-order chi connectivity index (χ1) is 8.72. The first kappa shape index (κ1) is 15.2. The summed E-state index contributed by atoms with van der Waals surface area (Å²) in [6.45, 7) is 2.89. The molecule has 0 fully saturated rings. The number of unbranched alkanes of at least 4 members (excludes halogenated alkanes) is 1. The fourth-order valence-corrected chi connectivity index (χ4v) is 3.48. The normalized spacial score (nSPS) is 11.6. The minimum atomic E-state index is -2.71. The van der Waals surface area contributed by atoms with Gasteiger partial charge in [0, 0.05) is 26.5 Å². The van der Waals surface area contributed by atoms with Crippen LogP contribution in [-0.2, 0) is 13.3 Å². The maximum Gasteiger partial charge on any atom is 0.536 e. The van der Waals surface area contributed by atoms with Gasteiger partial charge in [0.2, 0.25) is 0 Å². The highest BCUT2D eigenvalue weighted by atomic mass is 28.4. The first-order valence-corrected chi connectivity index (χ1v) is 7.83. The van der Waals surface area contributed by atoms with Gasteiger partial charge in [0.05, 0.1) is 6.61 Å². The predicted molar refractivity (Wildman–Crippen MR) is 73.3 cm³/mol. The van der Waals surface area contributed by atoms with Gasteiger partial charge in [-0.1, -0.05) is 25.5 Å². The van der Waals surface area contributed by atoms with Gasteiger partial charge < -0.3 is 18.0 Å². The molecule has 0 atom stereocenters. The summed E-state index contributed by atoms with van der Waals surface area (Å²) in [5.41, 5.74) is 0. The van der Waals surface area contributed by atoms with Gasteiger partial charge in [-0.3, -0.25) is 0 Å². The van der Waals surface area contributed by atoms with Crippen LogP contribution in [0.25, 0.3) is 0 Å². The highest BCUT2D eigenvalue weighted by Gasteiger charge is 2.40. The van der Waals surface area contributed by atoms with Crippen molar-refractivity contribution in [1.29, 1.82) is 0 Å². The summed E-state index contributed by atoms with van der Waals surface area (Å²) >= 11 is 0. The van der Waals surface area contributed by atoms with Crippen molar-refractivity contribution < 1.29 is 18.0 Å². The van der Waals surface area contributed by atoms with Crippen molar-refractivity contribution in [1.82, 2.24) is 0 Å². The molecule has 18 heavy (non-hydrogen) atoms. The lowest BCUT2D eigenvalue weighted by molar-refractivity contribution is 0.140. The SMILES string of the molecule is CCCCOc1ccc([Si](OC)(OC)OC)cc1. The second-order valence-electron chi connectivity index (χ2n) is 3.89. The highest BCUT2D eigenvalue weighted by Crippen LogP contribution is 2.13. The Labute approximate surface area is 110 Å². The van der Waals surface area contributed by atoms with Crippen molar-refractivity contribution in [3.63, 3.8) is 0 Å². The van der Waals surface area contributed by atoms with Crippen LogP contribution < -0.4 is 9.92 Å². The van der Waals surface area contributed by atoms with Crippen LogP contribution in [0.2, 0.25) is 0 Å². The van der Waals surface area contributed by atoms with Crippen molar-refractivity contribution in [3.05, 3.63) is 24.3 Å². The average Bonchev–Trinajstić information content (AvgIpc) is 2.43. The number of hydrogen-bond donors (Lipinski definition) is 0. The monoisotopic (exact) mass is 270 g/mol. The Morgan fingerprint density at radius 1 is 0.944 bits per heavy atom. The smallest absolute Gasteiger partial charge is 0.494 e. The fourth-order valence-electron chi connectivity index (χ4n) is 1.69. The minimum absolute atomic E-state index is 0.747. The Morgan fingerprint density at radius 2 is 1.50 bits per heavy atom. The summed E-state index contributed by atoms with van der Waals surface area (Å²) in [5, 5.41) is 0.929. The second kappa shape index (κ2) is 7.53. The van der Waals surface area contributed by atoms with E-state index in [9.17, 15) is 0 Å². The molecular formula is C13H22O4Si. The van der Waals surface area contributed by atoms with E-state index in [1.165, 1.54) is 0 Å². The summed E-state index contributed by atoms with van der Waals surface area (Å²) in [7, 11) is 2.10. The molecule has 0 bridgehead atoms. The zero-order valence-electron chi connectivity index (χ0n) is 11.6. The van der Waals surface area contributed by atoms with Crippen LogP contribution in [0.1, 0.15) is 19.8 Å². The minimum Gasteiger partial charge on any atom is -0.494 e. The molecular weight excluding hydrogens is 248 g/mol. The van der Waals surface area contributed by atoms with Crippen LogP contribution in [0.5, 0.6) is 5.75 Å². The molecule has 0 aliphatic heterocycles. The predicted octanol–water partition coefficient (Wildman–Crippen LogP) is 1.95. The molecule has 0 aliphatic carbocycles. The number of benzene rings is 1. The molecule has 0 radical (unpaired) electrons. The van der Waals surface area contributed by atoms with Gasteiger partial charge >= 0.3 is 8.80 Å². The van der Waals surface area contributed by atoms with Gasteiger partial charge in [0.25, 0.3) is 0 Å². The summed E-state index contributed by atoms with van der Waals surface area (Å²) in [5.74, 6) is 0.860. The highest BCUT2D eigenvalue weighted by molar-refractivity contribution is 6.75. The van der Waals surface area contributed by atoms with E-state index in [2.05, 4.69) is 6.92 Å². The van der Waals surface area contributed by atoms with E-state index in [0.29, 0.717) is 0 Å². The van der Waals surface area contributed by atoms with E-state index in [1.807, 2.05) is 24.3 Å². The van der Waals surface area contributed by atoms with Gasteiger partial charge in [-0.05, 0) is 18.6 Å². The van der Waals surface area contributed by atoms with Crippen molar-refractivity contribution in [3.8, 4) is 5.75 Å². The summed E-state index contributed by atoms with van der Waals surface area (Å²) in [6, 6.07) is 7.71. The lowest BCUT2D eigenvalue weighted by atomic mass is 10.3. The molecule has 4 nitrogen and oxygen atoms in total. The first-order valence-electron chi connectivity index (χ1n) is 6.11. The van der Waals surface area contributed by atoms with Crippen molar-refractivity contribution in [2.24, 2.45) is 0 Å². The van der Waals surface area contributed by atoms with Gasteiger partial charge in [0.1, 0.15) is 5.75 Å². The Balaban J connectivity index is 2.74. The van der Waals surface area contributed by atoms with E-state index in [-0.39, 0.29) is 0 Å². The molecule has 1 rings (SSSR count). The third-order valence-electron chi connectivity index (χ3n) is 2.78. The zero-order valence-corrected chi connectivity index (χ0v) is 12.6. The van der Waals surface area contributed by atoms with Gasteiger partial charge in [0.15, 0.2) is 0 Å². The number of ether oxygens (including phenoxy) is 1. The maximum atomic E-state index is 5.61. The molecule has 0 heterocycles. The number of hydrogen-bond acceptors (Lipinski definition) is 4. The second-order valence-corrected chi connectivity index (χ2v) is 6.81. The molecule has 1 aromatic rings. The molecule has 0 unspecified atom stereocenters. The van der Waals surface area contributed by atoms with E-state index < -0.39 is 8.80 Å². The van der Waals surface area contributed by atoms with Gasteiger partial charge in [-0.25, -0.2) is 0 Å². The van der Waals surface area contributed by atoms with Crippen LogP contribution in [0.3, 0.4) is 0 Å². The topological polar surface area (TPSA) is 36.9 Å². The van der Waals surface area contributed by atoms with Gasteiger partial charge in [-0.2, -0.15) is 0 Å². The lowest BCUT2D eigenvalue weighted by Gasteiger charge is -2.24. The Morgan fingerprint density at radius 3 is 1.94 bits per heavy atom. The largest absolute Gasteiger partial charge is 0.536 e. The Hall–Kier alpha value is -0.883. The standard InChI is InChI=1S/C13H22O4Si/c1-5-6-11-17-12-7-9-13(10-8-12)18(14-2,15-3)16-4/h7-10H,5-6,11H2,1-4H3. The van der Waals surface area contributed by atoms with Crippen LogP contribution in [0, 0.1) is 0 Å². The summed E-state index contributed by atoms with van der Waals surface area (Å²) in [6.07, 6.45) is 2.19. The van der Waals surface area contributed by atoms with E-state index in [1.54, 1.807) is 21.3 Å². The van der Waals surface area contributed by atoms with E-state index in [4.69, 9.17) is 18.0 Å². The van der Waals surface area contributed by atoms with Crippen LogP contribution in [0.4, 0.5) is 0 Å². The molecule has 0 saturated carbocycles.